The Morgan fingerprint density at radius 1 is 1.18 bits per heavy atom. The molecular formula is C15H17NS. The molecule has 0 bridgehead atoms. The third-order valence-corrected chi connectivity index (χ3v) is 4.73. The van der Waals surface area contributed by atoms with E-state index < -0.39 is 0 Å². The van der Waals surface area contributed by atoms with Crippen molar-refractivity contribution in [2.45, 2.75) is 38.5 Å². The molecule has 3 rings (SSSR count). The van der Waals surface area contributed by atoms with Crippen LogP contribution in [0.1, 0.15) is 33.6 Å². The monoisotopic (exact) mass is 243 g/mol. The average molecular weight is 243 g/mol. The quantitative estimate of drug-likeness (QED) is 0.627. The second-order valence-electron chi connectivity index (χ2n) is 5.76. The standard InChI is InChI=1S/C15H17NS/c1-10-8-15(2,3)9-12-14(10)17-13-7-5-4-6-11(13)16-12/h4-7H,8-9H2,1-3H3. The van der Waals surface area contributed by atoms with Crippen molar-refractivity contribution >= 4 is 23.2 Å². The van der Waals surface area contributed by atoms with Crippen molar-refractivity contribution in [1.82, 2.24) is 0 Å². The minimum Gasteiger partial charge on any atom is -0.251 e. The molecule has 0 unspecified atom stereocenters. The summed E-state index contributed by atoms with van der Waals surface area (Å²) in [4.78, 5) is 7.57. The average Bonchev–Trinajstić information content (AvgIpc) is 2.25. The first-order valence-corrected chi connectivity index (χ1v) is 6.91. The maximum Gasteiger partial charge on any atom is 0.0772 e. The molecule has 2 aliphatic rings. The lowest BCUT2D eigenvalue weighted by atomic mass is 9.76. The summed E-state index contributed by atoms with van der Waals surface area (Å²) >= 11 is 1.90. The third-order valence-electron chi connectivity index (χ3n) is 3.37. The molecule has 0 fully saturated rings. The van der Waals surface area contributed by atoms with Crippen LogP contribution < -0.4 is 0 Å². The second kappa shape index (κ2) is 3.74. The molecule has 2 heteroatoms. The van der Waals surface area contributed by atoms with Gasteiger partial charge in [-0.15, -0.1) is 0 Å². The molecule has 1 aliphatic carbocycles. The van der Waals surface area contributed by atoms with Gasteiger partial charge < -0.3 is 0 Å². The minimum atomic E-state index is 0.360. The SMILES string of the molecule is CC1=C2Sc3ccccc3N=C2CC(C)(C)C1. The first-order valence-electron chi connectivity index (χ1n) is 6.10. The molecule has 0 N–H and O–H groups in total. The minimum absolute atomic E-state index is 0.360. The van der Waals surface area contributed by atoms with Gasteiger partial charge in [-0.05, 0) is 37.3 Å². The molecule has 1 aliphatic heterocycles. The number of hydrogen-bond acceptors (Lipinski definition) is 2. The van der Waals surface area contributed by atoms with Crippen molar-refractivity contribution in [3.05, 3.63) is 34.7 Å². The Kier molecular flexibility index (Phi) is 2.44. The molecule has 0 amide bonds. The van der Waals surface area contributed by atoms with E-state index in [2.05, 4.69) is 45.0 Å². The van der Waals surface area contributed by atoms with Gasteiger partial charge in [-0.1, -0.05) is 43.3 Å². The van der Waals surface area contributed by atoms with E-state index in [-0.39, 0.29) is 0 Å². The van der Waals surface area contributed by atoms with Crippen LogP contribution in [0.15, 0.2) is 44.6 Å². The van der Waals surface area contributed by atoms with Gasteiger partial charge in [0, 0.05) is 9.80 Å². The van der Waals surface area contributed by atoms with Gasteiger partial charge in [0.25, 0.3) is 0 Å². The van der Waals surface area contributed by atoms with Crippen molar-refractivity contribution in [2.24, 2.45) is 10.4 Å². The van der Waals surface area contributed by atoms with E-state index in [4.69, 9.17) is 4.99 Å². The zero-order valence-corrected chi connectivity index (χ0v) is 11.4. The van der Waals surface area contributed by atoms with Crippen LogP contribution in [0.25, 0.3) is 0 Å². The Bertz CT molecular complexity index is 538. The van der Waals surface area contributed by atoms with E-state index in [1.807, 2.05) is 11.8 Å². The van der Waals surface area contributed by atoms with Gasteiger partial charge in [-0.2, -0.15) is 0 Å². The Hall–Kier alpha value is -1.02. The fraction of sp³-hybridized carbons (Fsp3) is 0.400. The molecule has 1 heterocycles. The van der Waals surface area contributed by atoms with Gasteiger partial charge in [-0.25, -0.2) is 0 Å². The molecule has 1 aromatic rings. The molecular weight excluding hydrogens is 226 g/mol. The predicted octanol–water partition coefficient (Wildman–Crippen LogP) is 4.96. The van der Waals surface area contributed by atoms with Gasteiger partial charge in [0.1, 0.15) is 0 Å². The van der Waals surface area contributed by atoms with Crippen molar-refractivity contribution in [1.29, 1.82) is 0 Å². The highest BCUT2D eigenvalue weighted by molar-refractivity contribution is 8.04. The van der Waals surface area contributed by atoms with Crippen molar-refractivity contribution in [2.75, 3.05) is 0 Å². The normalized spacial score (nSPS) is 21.7. The highest BCUT2D eigenvalue weighted by atomic mass is 32.2. The summed E-state index contributed by atoms with van der Waals surface area (Å²) in [6.45, 7) is 6.93. The van der Waals surface area contributed by atoms with Crippen LogP contribution in [0.3, 0.4) is 0 Å². The van der Waals surface area contributed by atoms with Gasteiger partial charge in [0.2, 0.25) is 0 Å². The number of nitrogens with zero attached hydrogens (tertiary/aromatic N) is 1. The number of fused-ring (bicyclic) bond motifs is 2. The fourth-order valence-corrected chi connectivity index (χ4v) is 3.83. The van der Waals surface area contributed by atoms with E-state index in [0.29, 0.717) is 5.41 Å². The molecule has 0 saturated carbocycles. The van der Waals surface area contributed by atoms with E-state index in [1.165, 1.54) is 27.5 Å². The van der Waals surface area contributed by atoms with Crippen LogP contribution in [-0.4, -0.2) is 5.71 Å². The molecule has 0 radical (unpaired) electrons. The summed E-state index contributed by atoms with van der Waals surface area (Å²) in [7, 11) is 0. The summed E-state index contributed by atoms with van der Waals surface area (Å²) in [6.07, 6.45) is 2.29. The van der Waals surface area contributed by atoms with Gasteiger partial charge in [0.05, 0.1) is 11.4 Å². The Morgan fingerprint density at radius 2 is 1.94 bits per heavy atom. The van der Waals surface area contributed by atoms with Crippen LogP contribution >= 0.6 is 11.8 Å². The van der Waals surface area contributed by atoms with Crippen molar-refractivity contribution in [3.8, 4) is 0 Å². The molecule has 1 nitrogen and oxygen atoms in total. The van der Waals surface area contributed by atoms with E-state index in [9.17, 15) is 0 Å². The van der Waals surface area contributed by atoms with Crippen LogP contribution in [0.2, 0.25) is 0 Å². The lowest BCUT2D eigenvalue weighted by molar-refractivity contribution is 0.372. The number of aliphatic imine (C=N–C) groups is 1. The van der Waals surface area contributed by atoms with Gasteiger partial charge in [-0.3, -0.25) is 4.99 Å². The van der Waals surface area contributed by atoms with Crippen LogP contribution in [0.5, 0.6) is 0 Å². The maximum atomic E-state index is 4.85. The molecule has 0 atom stereocenters. The Morgan fingerprint density at radius 3 is 2.76 bits per heavy atom. The highest BCUT2D eigenvalue weighted by Crippen LogP contribution is 2.48. The summed E-state index contributed by atoms with van der Waals surface area (Å²) in [5.74, 6) is 0. The molecule has 17 heavy (non-hydrogen) atoms. The first-order chi connectivity index (χ1) is 8.05. The number of hydrogen-bond donors (Lipinski definition) is 0. The number of benzene rings is 1. The van der Waals surface area contributed by atoms with Crippen LogP contribution in [0.4, 0.5) is 5.69 Å². The number of thioether (sulfide) groups is 1. The lowest BCUT2D eigenvalue weighted by Crippen LogP contribution is -2.25. The fourth-order valence-electron chi connectivity index (χ4n) is 2.77. The van der Waals surface area contributed by atoms with Crippen LogP contribution in [-0.2, 0) is 0 Å². The second-order valence-corrected chi connectivity index (χ2v) is 6.81. The molecule has 88 valence electrons. The van der Waals surface area contributed by atoms with Gasteiger partial charge in [0.15, 0.2) is 0 Å². The Balaban J connectivity index is 2.13. The van der Waals surface area contributed by atoms with Crippen molar-refractivity contribution in [3.63, 3.8) is 0 Å². The largest absolute Gasteiger partial charge is 0.251 e. The highest BCUT2D eigenvalue weighted by Gasteiger charge is 2.32. The third kappa shape index (κ3) is 1.95. The molecule has 0 aromatic heterocycles. The molecule has 1 aromatic carbocycles. The van der Waals surface area contributed by atoms with Crippen LogP contribution in [0, 0.1) is 5.41 Å². The summed E-state index contributed by atoms with van der Waals surface area (Å²) < 4.78 is 0. The summed E-state index contributed by atoms with van der Waals surface area (Å²) in [5, 5.41) is 0. The number of para-hydroxylation sites is 1. The zero-order chi connectivity index (χ0) is 12.0. The Labute approximate surface area is 107 Å². The predicted molar refractivity (Wildman–Crippen MR) is 75.1 cm³/mol. The molecule has 0 saturated heterocycles. The topological polar surface area (TPSA) is 12.4 Å². The summed E-state index contributed by atoms with van der Waals surface area (Å²) in [5.41, 5.74) is 4.29. The van der Waals surface area contributed by atoms with E-state index in [0.717, 1.165) is 12.1 Å². The van der Waals surface area contributed by atoms with E-state index in [1.54, 1.807) is 0 Å². The first kappa shape index (κ1) is 11.1. The number of rotatable bonds is 0. The molecule has 0 spiro atoms. The van der Waals surface area contributed by atoms with Gasteiger partial charge >= 0.3 is 0 Å². The zero-order valence-electron chi connectivity index (χ0n) is 10.6. The lowest BCUT2D eigenvalue weighted by Gasteiger charge is -2.34. The van der Waals surface area contributed by atoms with E-state index >= 15 is 0 Å². The summed E-state index contributed by atoms with van der Waals surface area (Å²) in [6, 6.07) is 8.44. The number of allylic oxidation sites excluding steroid dienone is 2. The smallest absolute Gasteiger partial charge is 0.0772 e. The van der Waals surface area contributed by atoms with Crippen molar-refractivity contribution < 1.29 is 0 Å². The maximum absolute atomic E-state index is 4.85.